The van der Waals surface area contributed by atoms with Crippen LogP contribution in [0.3, 0.4) is 0 Å². The number of imide groups is 1. The molecule has 9 nitrogen and oxygen atoms in total. The third kappa shape index (κ3) is 3.74. The maximum atomic E-state index is 14.0. The number of hydrogen-bond donors (Lipinski definition) is 1. The van der Waals surface area contributed by atoms with Crippen LogP contribution in [0.5, 0.6) is 11.5 Å². The number of urea groups is 1. The Labute approximate surface area is 206 Å². The molecule has 0 atom stereocenters. The van der Waals surface area contributed by atoms with E-state index in [9.17, 15) is 14.4 Å². The van der Waals surface area contributed by atoms with Crippen molar-refractivity contribution in [3.05, 3.63) is 106 Å². The molecule has 2 aromatic carbocycles. The molecule has 36 heavy (non-hydrogen) atoms. The lowest BCUT2D eigenvalue weighted by Gasteiger charge is -2.28. The van der Waals surface area contributed by atoms with Gasteiger partial charge in [0.05, 0.1) is 26.5 Å². The van der Waals surface area contributed by atoms with Gasteiger partial charge in [0.2, 0.25) is 0 Å². The fourth-order valence-electron chi connectivity index (χ4n) is 4.46. The average molecular weight is 485 g/mol. The lowest BCUT2D eigenvalue weighted by Crippen LogP contribution is -2.45. The number of nitrogens with zero attached hydrogens (tertiary/aromatic N) is 3. The van der Waals surface area contributed by atoms with E-state index in [1.54, 1.807) is 75.0 Å². The van der Waals surface area contributed by atoms with Crippen LogP contribution < -0.4 is 20.3 Å². The largest absolute Gasteiger partial charge is 0.497 e. The molecule has 3 amide bonds. The first-order valence-electron chi connectivity index (χ1n) is 11.3. The van der Waals surface area contributed by atoms with E-state index in [0.717, 1.165) is 10.5 Å². The van der Waals surface area contributed by atoms with E-state index >= 15 is 0 Å². The molecule has 0 radical (unpaired) electrons. The molecule has 1 saturated heterocycles. The number of amides is 3. The van der Waals surface area contributed by atoms with Crippen molar-refractivity contribution in [3.8, 4) is 11.5 Å². The highest BCUT2D eigenvalue weighted by molar-refractivity contribution is 6.09. The number of aryl methyl sites for hydroxylation is 1. The van der Waals surface area contributed by atoms with Crippen molar-refractivity contribution in [1.82, 2.24) is 19.6 Å². The summed E-state index contributed by atoms with van der Waals surface area (Å²) in [4.78, 5) is 45.5. The first-order valence-corrected chi connectivity index (χ1v) is 11.3. The highest BCUT2D eigenvalue weighted by Crippen LogP contribution is 2.38. The zero-order valence-electron chi connectivity index (χ0n) is 20.0. The Morgan fingerprint density at radius 2 is 1.44 bits per heavy atom. The molecule has 1 N–H and O–H groups in total. The molecule has 1 fully saturated rings. The molecule has 0 bridgehead atoms. The van der Waals surface area contributed by atoms with Gasteiger partial charge in [-0.15, -0.1) is 0 Å². The summed E-state index contributed by atoms with van der Waals surface area (Å²) in [5.74, 6) is 0.760. The lowest BCUT2D eigenvalue weighted by molar-refractivity contribution is -0.130. The van der Waals surface area contributed by atoms with Crippen LogP contribution in [0.15, 0.2) is 77.7 Å². The first-order chi connectivity index (χ1) is 17.3. The molecule has 1 aliphatic heterocycles. The topological polar surface area (TPSA) is 102 Å². The zero-order chi connectivity index (χ0) is 25.4. The normalized spacial score (nSPS) is 14.7. The van der Waals surface area contributed by atoms with Crippen LogP contribution in [-0.4, -0.2) is 40.4 Å². The number of hydrogen-bond acceptors (Lipinski definition) is 6. The average Bonchev–Trinajstić information content (AvgIpc) is 3.14. The van der Waals surface area contributed by atoms with Gasteiger partial charge in [-0.25, -0.2) is 9.78 Å². The molecule has 0 unspecified atom stereocenters. The first kappa shape index (κ1) is 23.1. The summed E-state index contributed by atoms with van der Waals surface area (Å²) in [5.41, 5.74) is 1.06. The summed E-state index contributed by atoms with van der Waals surface area (Å²) in [6.45, 7) is 1.74. The zero-order valence-corrected chi connectivity index (χ0v) is 20.0. The molecular weight excluding hydrogens is 460 g/mol. The molecule has 2 aromatic heterocycles. The Morgan fingerprint density at radius 3 is 2.00 bits per heavy atom. The molecule has 0 spiro atoms. The summed E-state index contributed by atoms with van der Waals surface area (Å²) >= 11 is 0. The van der Waals surface area contributed by atoms with Crippen LogP contribution >= 0.6 is 0 Å². The second-order valence-electron chi connectivity index (χ2n) is 8.55. The second-order valence-corrected chi connectivity index (χ2v) is 8.55. The maximum absolute atomic E-state index is 14.0. The quantitative estimate of drug-likeness (QED) is 0.422. The minimum Gasteiger partial charge on any atom is -0.497 e. The van der Waals surface area contributed by atoms with Gasteiger partial charge in [0.1, 0.15) is 17.1 Å². The minimum atomic E-state index is -1.47. The molecular formula is C27H24N4O5. The Kier molecular flexibility index (Phi) is 5.68. The van der Waals surface area contributed by atoms with Crippen molar-refractivity contribution in [2.45, 2.75) is 19.0 Å². The summed E-state index contributed by atoms with van der Waals surface area (Å²) in [5, 5.41) is 2.90. The Hall–Kier alpha value is -4.66. The molecule has 182 valence electrons. The number of carbonyl (C=O) groups is 2. The van der Waals surface area contributed by atoms with Crippen LogP contribution in [-0.2, 0) is 16.9 Å². The van der Waals surface area contributed by atoms with Crippen molar-refractivity contribution in [1.29, 1.82) is 0 Å². The number of methoxy groups -OCH3 is 2. The fraction of sp³-hybridized carbons (Fsp3) is 0.185. The Morgan fingerprint density at radius 1 is 0.861 bits per heavy atom. The van der Waals surface area contributed by atoms with Crippen molar-refractivity contribution >= 4 is 17.6 Å². The number of ether oxygens (including phenoxy) is 2. The molecule has 3 heterocycles. The van der Waals surface area contributed by atoms with E-state index in [0.29, 0.717) is 34.0 Å². The van der Waals surface area contributed by atoms with Gasteiger partial charge >= 0.3 is 6.03 Å². The highest BCUT2D eigenvalue weighted by Gasteiger charge is 2.53. The second kappa shape index (κ2) is 8.84. The number of fused-ring (bicyclic) bond motifs is 1. The van der Waals surface area contributed by atoms with E-state index in [4.69, 9.17) is 9.47 Å². The Balaban J connectivity index is 1.58. The standard InChI is InChI=1S/C27H24N4O5/c1-17-12-13-30-23(14-17)28-20(15-24(30)32)16-31-25(33)27(29-26(31)34,18-4-8-21(35-2)9-5-18)19-6-10-22(36-3)11-7-19/h4-15H,16H2,1-3H3,(H,29,34). The smallest absolute Gasteiger partial charge is 0.325 e. The monoisotopic (exact) mass is 484 g/mol. The predicted molar refractivity (Wildman–Crippen MR) is 132 cm³/mol. The molecule has 5 rings (SSSR count). The Bertz CT molecular complexity index is 1480. The number of benzene rings is 2. The van der Waals surface area contributed by atoms with Crippen molar-refractivity contribution in [3.63, 3.8) is 0 Å². The lowest BCUT2D eigenvalue weighted by atomic mass is 9.82. The van der Waals surface area contributed by atoms with E-state index in [2.05, 4.69) is 10.3 Å². The maximum Gasteiger partial charge on any atom is 0.325 e. The molecule has 4 aromatic rings. The van der Waals surface area contributed by atoms with Crippen LogP contribution in [0.4, 0.5) is 4.79 Å². The van der Waals surface area contributed by atoms with E-state index in [1.165, 1.54) is 10.5 Å². The minimum absolute atomic E-state index is 0.154. The van der Waals surface area contributed by atoms with E-state index < -0.39 is 17.5 Å². The molecule has 0 aliphatic carbocycles. The van der Waals surface area contributed by atoms with Gasteiger partial charge in [-0.3, -0.25) is 18.9 Å². The highest BCUT2D eigenvalue weighted by atomic mass is 16.5. The number of rotatable bonds is 6. The summed E-state index contributed by atoms with van der Waals surface area (Å²) in [6.07, 6.45) is 1.65. The van der Waals surface area contributed by atoms with E-state index in [1.807, 2.05) is 13.0 Å². The van der Waals surface area contributed by atoms with Gasteiger partial charge < -0.3 is 14.8 Å². The van der Waals surface area contributed by atoms with Gasteiger partial charge in [0.15, 0.2) is 5.54 Å². The van der Waals surface area contributed by atoms with Gasteiger partial charge in [0, 0.05) is 12.3 Å². The van der Waals surface area contributed by atoms with Crippen LogP contribution in [0.1, 0.15) is 22.4 Å². The third-order valence-corrected chi connectivity index (χ3v) is 6.35. The summed E-state index contributed by atoms with van der Waals surface area (Å²) < 4.78 is 11.9. The van der Waals surface area contributed by atoms with Gasteiger partial charge in [-0.1, -0.05) is 24.3 Å². The summed E-state index contributed by atoms with van der Waals surface area (Å²) in [6, 6.07) is 18.2. The van der Waals surface area contributed by atoms with Gasteiger partial charge in [0.25, 0.3) is 11.5 Å². The van der Waals surface area contributed by atoms with Crippen LogP contribution in [0, 0.1) is 6.92 Å². The van der Waals surface area contributed by atoms with Crippen molar-refractivity contribution < 1.29 is 19.1 Å². The number of carbonyl (C=O) groups excluding carboxylic acids is 2. The summed E-state index contributed by atoms with van der Waals surface area (Å²) in [7, 11) is 3.11. The van der Waals surface area contributed by atoms with Gasteiger partial charge in [-0.2, -0.15) is 0 Å². The molecule has 1 aliphatic rings. The third-order valence-electron chi connectivity index (χ3n) is 6.35. The van der Waals surface area contributed by atoms with Gasteiger partial charge in [-0.05, 0) is 60.0 Å². The molecule has 0 saturated carbocycles. The van der Waals surface area contributed by atoms with E-state index in [-0.39, 0.29) is 12.1 Å². The van der Waals surface area contributed by atoms with Crippen molar-refractivity contribution in [2.24, 2.45) is 0 Å². The fourth-order valence-corrected chi connectivity index (χ4v) is 4.46. The number of pyridine rings is 1. The number of aromatic nitrogens is 2. The SMILES string of the molecule is COc1ccc(C2(c3ccc(OC)cc3)NC(=O)N(Cc3cc(=O)n4ccc(C)cc4n3)C2=O)cc1. The van der Waals surface area contributed by atoms with Crippen LogP contribution in [0.2, 0.25) is 0 Å². The predicted octanol–water partition coefficient (Wildman–Crippen LogP) is 3.02. The molecule has 9 heteroatoms. The van der Waals surface area contributed by atoms with Crippen LogP contribution in [0.25, 0.3) is 5.65 Å². The van der Waals surface area contributed by atoms with Crippen molar-refractivity contribution in [2.75, 3.05) is 14.2 Å². The number of nitrogens with one attached hydrogen (secondary N) is 1.